The first-order valence-corrected chi connectivity index (χ1v) is 7.13. The number of hydrogen-bond donors (Lipinski definition) is 1. The topological polar surface area (TPSA) is 43.1 Å². The molecular formula is C12H13NOS2. The number of nitrogen functional groups attached to an aromatic ring is 1. The molecule has 1 aromatic heterocycles. The third-order valence-electron chi connectivity index (χ3n) is 2.26. The first-order valence-electron chi connectivity index (χ1n) is 4.93. The van der Waals surface area contributed by atoms with Crippen LogP contribution in [0.5, 0.6) is 0 Å². The highest BCUT2D eigenvalue weighted by atomic mass is 32.2. The van der Waals surface area contributed by atoms with E-state index in [0.29, 0.717) is 11.4 Å². The van der Waals surface area contributed by atoms with Gasteiger partial charge in [-0.3, -0.25) is 4.21 Å². The third-order valence-corrected chi connectivity index (χ3v) is 4.76. The maximum atomic E-state index is 12.1. The summed E-state index contributed by atoms with van der Waals surface area (Å²) in [6.07, 6.45) is 0. The van der Waals surface area contributed by atoms with E-state index >= 15 is 0 Å². The summed E-state index contributed by atoms with van der Waals surface area (Å²) in [6, 6.07) is 9.62. The van der Waals surface area contributed by atoms with Crippen LogP contribution >= 0.6 is 11.3 Å². The minimum atomic E-state index is -1.05. The summed E-state index contributed by atoms with van der Waals surface area (Å²) < 4.78 is 12.1. The van der Waals surface area contributed by atoms with Gasteiger partial charge in [-0.2, -0.15) is 0 Å². The van der Waals surface area contributed by atoms with Crippen LogP contribution in [0.15, 0.2) is 40.6 Å². The van der Waals surface area contributed by atoms with Crippen LogP contribution in [-0.4, -0.2) is 4.21 Å². The molecule has 2 nitrogen and oxygen atoms in total. The summed E-state index contributed by atoms with van der Waals surface area (Å²) in [7, 11) is -1.05. The fraction of sp³-hybridized carbons (Fsp3) is 0.167. The smallest absolute Gasteiger partial charge is 0.0627 e. The van der Waals surface area contributed by atoms with Crippen molar-refractivity contribution in [3.63, 3.8) is 0 Å². The van der Waals surface area contributed by atoms with Crippen molar-refractivity contribution in [2.24, 2.45) is 0 Å². The number of hydrogen-bond acceptors (Lipinski definition) is 3. The van der Waals surface area contributed by atoms with Crippen molar-refractivity contribution in [2.75, 3.05) is 5.73 Å². The van der Waals surface area contributed by atoms with Gasteiger partial charge in [0.05, 0.1) is 21.4 Å². The fourth-order valence-corrected chi connectivity index (χ4v) is 3.61. The molecule has 0 radical (unpaired) electrons. The van der Waals surface area contributed by atoms with E-state index in [4.69, 9.17) is 5.73 Å². The molecule has 0 saturated heterocycles. The molecule has 0 aliphatic heterocycles. The number of aryl methyl sites for hydroxylation is 1. The van der Waals surface area contributed by atoms with Gasteiger partial charge in [0.25, 0.3) is 0 Å². The molecule has 0 aliphatic carbocycles. The van der Waals surface area contributed by atoms with E-state index in [1.165, 1.54) is 0 Å². The SMILES string of the molecule is Cc1ccc(S(=O)Cc2cccs2)c(N)c1. The van der Waals surface area contributed by atoms with E-state index in [2.05, 4.69) is 0 Å². The van der Waals surface area contributed by atoms with Gasteiger partial charge in [0.15, 0.2) is 0 Å². The number of nitrogens with two attached hydrogens (primary N) is 1. The van der Waals surface area contributed by atoms with E-state index < -0.39 is 10.8 Å². The molecule has 0 spiro atoms. The summed E-state index contributed by atoms with van der Waals surface area (Å²) in [6.45, 7) is 1.97. The Balaban J connectivity index is 2.21. The van der Waals surface area contributed by atoms with E-state index in [-0.39, 0.29) is 0 Å². The highest BCUT2D eigenvalue weighted by Gasteiger charge is 2.09. The molecule has 0 fully saturated rings. The Morgan fingerprint density at radius 3 is 2.81 bits per heavy atom. The normalized spacial score (nSPS) is 12.6. The van der Waals surface area contributed by atoms with Crippen LogP contribution < -0.4 is 5.73 Å². The Kier molecular flexibility index (Phi) is 3.41. The molecule has 84 valence electrons. The summed E-state index contributed by atoms with van der Waals surface area (Å²) in [5, 5.41) is 1.99. The average molecular weight is 251 g/mol. The maximum absolute atomic E-state index is 12.1. The Morgan fingerprint density at radius 1 is 1.38 bits per heavy atom. The maximum Gasteiger partial charge on any atom is 0.0627 e. The molecule has 0 amide bonds. The first-order chi connectivity index (χ1) is 7.66. The van der Waals surface area contributed by atoms with Crippen molar-refractivity contribution in [2.45, 2.75) is 17.6 Å². The van der Waals surface area contributed by atoms with Gasteiger partial charge in [0.1, 0.15) is 0 Å². The van der Waals surface area contributed by atoms with E-state index in [1.807, 2.05) is 42.6 Å². The lowest BCUT2D eigenvalue weighted by Gasteiger charge is -2.05. The van der Waals surface area contributed by atoms with Crippen molar-refractivity contribution in [1.29, 1.82) is 0 Å². The zero-order valence-electron chi connectivity index (χ0n) is 8.97. The molecule has 4 heteroatoms. The van der Waals surface area contributed by atoms with E-state index in [9.17, 15) is 4.21 Å². The molecule has 16 heavy (non-hydrogen) atoms. The van der Waals surface area contributed by atoms with Gasteiger partial charge < -0.3 is 5.73 Å². The molecule has 0 saturated carbocycles. The average Bonchev–Trinajstić information content (AvgIpc) is 2.70. The number of rotatable bonds is 3. The molecule has 1 heterocycles. The van der Waals surface area contributed by atoms with Gasteiger partial charge in [0.2, 0.25) is 0 Å². The number of thiophene rings is 1. The van der Waals surface area contributed by atoms with Gasteiger partial charge >= 0.3 is 0 Å². The minimum Gasteiger partial charge on any atom is -0.398 e. The second-order valence-electron chi connectivity index (χ2n) is 3.61. The standard InChI is InChI=1S/C12H13NOS2/c1-9-4-5-12(11(13)7-9)16(14)8-10-3-2-6-15-10/h2-7H,8,13H2,1H3. The molecule has 1 aromatic carbocycles. The monoisotopic (exact) mass is 251 g/mol. The zero-order valence-corrected chi connectivity index (χ0v) is 10.6. The first kappa shape index (κ1) is 11.4. The molecule has 2 N–H and O–H groups in total. The predicted molar refractivity (Wildman–Crippen MR) is 70.0 cm³/mol. The Labute approximate surface area is 102 Å². The van der Waals surface area contributed by atoms with Crippen LogP contribution in [0.3, 0.4) is 0 Å². The zero-order chi connectivity index (χ0) is 11.5. The van der Waals surface area contributed by atoms with Gasteiger partial charge in [-0.1, -0.05) is 12.1 Å². The number of anilines is 1. The second kappa shape index (κ2) is 4.80. The number of benzene rings is 1. The van der Waals surface area contributed by atoms with Crippen molar-refractivity contribution in [3.8, 4) is 0 Å². The lowest BCUT2D eigenvalue weighted by molar-refractivity contribution is 0.683. The van der Waals surface area contributed by atoms with Gasteiger partial charge in [0, 0.05) is 10.6 Å². The highest BCUT2D eigenvalue weighted by molar-refractivity contribution is 7.84. The fourth-order valence-electron chi connectivity index (χ4n) is 1.48. The minimum absolute atomic E-state index is 0.547. The van der Waals surface area contributed by atoms with Crippen LogP contribution in [0.4, 0.5) is 5.69 Å². The lowest BCUT2D eigenvalue weighted by Crippen LogP contribution is -2.00. The van der Waals surface area contributed by atoms with Crippen molar-refractivity contribution in [3.05, 3.63) is 46.2 Å². The molecule has 1 unspecified atom stereocenters. The largest absolute Gasteiger partial charge is 0.398 e. The lowest BCUT2D eigenvalue weighted by atomic mass is 10.2. The molecule has 0 aliphatic rings. The van der Waals surface area contributed by atoms with Crippen LogP contribution in [0.2, 0.25) is 0 Å². The second-order valence-corrected chi connectivity index (χ2v) is 6.06. The van der Waals surface area contributed by atoms with Gasteiger partial charge in [-0.15, -0.1) is 11.3 Å². The van der Waals surface area contributed by atoms with Crippen LogP contribution in [0.1, 0.15) is 10.4 Å². The quantitative estimate of drug-likeness (QED) is 0.852. The molecule has 2 aromatic rings. The molecule has 0 bridgehead atoms. The van der Waals surface area contributed by atoms with Crippen molar-refractivity contribution < 1.29 is 4.21 Å². The Hall–Kier alpha value is -1.13. The Morgan fingerprint density at radius 2 is 2.19 bits per heavy atom. The Bertz CT molecular complexity index is 506. The van der Waals surface area contributed by atoms with Crippen molar-refractivity contribution in [1.82, 2.24) is 0 Å². The van der Waals surface area contributed by atoms with Gasteiger partial charge in [-0.25, -0.2) is 0 Å². The summed E-state index contributed by atoms with van der Waals surface area (Å²) in [4.78, 5) is 1.86. The molecule has 1 atom stereocenters. The molecular weight excluding hydrogens is 238 g/mol. The summed E-state index contributed by atoms with van der Waals surface area (Å²) >= 11 is 1.62. The molecule has 2 rings (SSSR count). The highest BCUT2D eigenvalue weighted by Crippen LogP contribution is 2.21. The van der Waals surface area contributed by atoms with E-state index in [1.54, 1.807) is 11.3 Å². The van der Waals surface area contributed by atoms with Crippen molar-refractivity contribution >= 4 is 27.8 Å². The third kappa shape index (κ3) is 2.51. The van der Waals surface area contributed by atoms with Crippen LogP contribution in [0, 0.1) is 6.92 Å². The van der Waals surface area contributed by atoms with Crippen LogP contribution in [-0.2, 0) is 16.6 Å². The van der Waals surface area contributed by atoms with Crippen LogP contribution in [0.25, 0.3) is 0 Å². The van der Waals surface area contributed by atoms with E-state index in [0.717, 1.165) is 15.3 Å². The summed E-state index contributed by atoms with van der Waals surface area (Å²) in [5.41, 5.74) is 7.57. The van der Waals surface area contributed by atoms with Gasteiger partial charge in [-0.05, 0) is 36.1 Å². The summed E-state index contributed by atoms with van der Waals surface area (Å²) in [5.74, 6) is 0.547. The predicted octanol–water partition coefficient (Wildman–Crippen LogP) is 2.95.